The van der Waals surface area contributed by atoms with Gasteiger partial charge >= 0.3 is 0 Å². The Morgan fingerprint density at radius 3 is 0.471 bits per heavy atom. The highest BCUT2D eigenvalue weighted by atomic mass is 16.6. The van der Waals surface area contributed by atoms with E-state index in [0.717, 1.165) is 26.1 Å². The molecule has 0 aromatic carbocycles. The Hall–Kier alpha value is -0.360. The smallest absolute Gasteiger partial charge is 0.0701 e. The minimum absolute atomic E-state index is 0.544. The van der Waals surface area contributed by atoms with Crippen LogP contribution in [0.25, 0.3) is 0 Å². The van der Waals surface area contributed by atoms with E-state index >= 15 is 0 Å². The van der Waals surface area contributed by atoms with Crippen LogP contribution in [0.15, 0.2) is 0 Å². The van der Waals surface area contributed by atoms with E-state index in [9.17, 15) is 0 Å². The largest absolute Gasteiger partial charge is 0.379 e. The molecule has 0 fully saturated rings. The van der Waals surface area contributed by atoms with Gasteiger partial charge in [0.2, 0.25) is 0 Å². The summed E-state index contributed by atoms with van der Waals surface area (Å²) >= 11 is 0. The van der Waals surface area contributed by atoms with Gasteiger partial charge in [-0.1, -0.05) is 142 Å². The molecule has 9 heteroatoms. The van der Waals surface area contributed by atoms with Crippen molar-refractivity contribution in [2.45, 2.75) is 155 Å². The van der Waals surface area contributed by atoms with E-state index in [1.165, 1.54) is 128 Å². The van der Waals surface area contributed by atoms with Crippen LogP contribution in [-0.4, -0.2) is 119 Å². The summed E-state index contributed by atoms with van der Waals surface area (Å²) in [5, 5.41) is 0. The molecule has 0 aliphatic heterocycles. The number of hydrogen-bond acceptors (Lipinski definition) is 9. The van der Waals surface area contributed by atoms with Gasteiger partial charge in [-0.2, -0.15) is 0 Å². The predicted octanol–water partition coefficient (Wildman–Crippen LogP) is 9.76. The van der Waals surface area contributed by atoms with Gasteiger partial charge in [-0.15, -0.1) is 0 Å². The maximum absolute atomic E-state index is 5.67. The summed E-state index contributed by atoms with van der Waals surface area (Å²) in [7, 11) is 0. The summed E-state index contributed by atoms with van der Waals surface area (Å²) in [5.41, 5.74) is 0. The van der Waals surface area contributed by atoms with Crippen molar-refractivity contribution in [1.82, 2.24) is 0 Å². The van der Waals surface area contributed by atoms with Gasteiger partial charge in [0.1, 0.15) is 0 Å². The molecule has 0 bridgehead atoms. The van der Waals surface area contributed by atoms with Gasteiger partial charge in [0.25, 0.3) is 0 Å². The van der Waals surface area contributed by atoms with Crippen molar-refractivity contribution >= 4 is 0 Å². The normalized spacial score (nSPS) is 11.6. The van der Waals surface area contributed by atoms with Gasteiger partial charge in [-0.05, 0) is 12.8 Å². The van der Waals surface area contributed by atoms with Crippen molar-refractivity contribution in [1.29, 1.82) is 0 Å². The molecule has 308 valence electrons. The molecule has 0 radical (unpaired) electrons. The first-order valence-electron chi connectivity index (χ1n) is 21.6. The second kappa shape index (κ2) is 49.6. The fourth-order valence-corrected chi connectivity index (χ4v) is 5.60. The first-order chi connectivity index (χ1) is 25.4. The van der Waals surface area contributed by atoms with Crippen LogP contribution >= 0.6 is 0 Å². The second-order valence-electron chi connectivity index (χ2n) is 13.6. The lowest BCUT2D eigenvalue weighted by molar-refractivity contribution is -0.0250. The Morgan fingerprint density at radius 1 is 0.157 bits per heavy atom. The molecule has 0 saturated carbocycles. The summed E-state index contributed by atoms with van der Waals surface area (Å²) in [6.07, 6.45) is 29.9. The maximum Gasteiger partial charge on any atom is 0.0701 e. The molecule has 51 heavy (non-hydrogen) atoms. The SMILES string of the molecule is CCCCCCCCCCCCCOCCOCCOCCOCCOCCOCCOCCOCCOCCCCCCCCCCCCC. The van der Waals surface area contributed by atoms with Gasteiger partial charge in [0.15, 0.2) is 0 Å². The topological polar surface area (TPSA) is 83.1 Å². The fraction of sp³-hybridized carbons (Fsp3) is 1.00. The van der Waals surface area contributed by atoms with Crippen LogP contribution in [0.1, 0.15) is 155 Å². The Bertz CT molecular complexity index is 537. The van der Waals surface area contributed by atoms with Crippen molar-refractivity contribution in [3.05, 3.63) is 0 Å². The second-order valence-corrected chi connectivity index (χ2v) is 13.6. The first-order valence-corrected chi connectivity index (χ1v) is 21.6. The minimum atomic E-state index is 0.544. The Labute approximate surface area is 316 Å². The van der Waals surface area contributed by atoms with Gasteiger partial charge in [-0.25, -0.2) is 0 Å². The van der Waals surface area contributed by atoms with E-state index in [1.54, 1.807) is 0 Å². The molecule has 0 aromatic rings. The third kappa shape index (κ3) is 49.6. The number of unbranched alkanes of at least 4 members (excludes halogenated alkanes) is 20. The third-order valence-corrected chi connectivity index (χ3v) is 8.76. The van der Waals surface area contributed by atoms with Crippen LogP contribution < -0.4 is 0 Å². The zero-order valence-electron chi connectivity index (χ0n) is 34.0. The van der Waals surface area contributed by atoms with Crippen molar-refractivity contribution < 1.29 is 42.6 Å². The molecule has 0 rings (SSSR count). The average Bonchev–Trinajstić information content (AvgIpc) is 3.14. The van der Waals surface area contributed by atoms with Gasteiger partial charge in [0.05, 0.1) is 106 Å². The lowest BCUT2D eigenvalue weighted by Gasteiger charge is -2.09. The van der Waals surface area contributed by atoms with Crippen LogP contribution in [0.2, 0.25) is 0 Å². The summed E-state index contributed by atoms with van der Waals surface area (Å²) in [6, 6.07) is 0. The summed E-state index contributed by atoms with van der Waals surface area (Å²) < 4.78 is 50.2. The molecule has 0 spiro atoms. The lowest BCUT2D eigenvalue weighted by atomic mass is 10.1. The molecule has 0 aliphatic carbocycles. The van der Waals surface area contributed by atoms with E-state index in [1.807, 2.05) is 0 Å². The molecule has 0 N–H and O–H groups in total. The van der Waals surface area contributed by atoms with Crippen LogP contribution in [-0.2, 0) is 42.6 Å². The fourth-order valence-electron chi connectivity index (χ4n) is 5.60. The minimum Gasteiger partial charge on any atom is -0.379 e. The molecule has 0 atom stereocenters. The standard InChI is InChI=1S/C42H86O9/c1-3-5-7-9-11-13-15-17-19-21-23-25-43-27-29-45-31-33-47-35-37-49-39-41-51-42-40-50-38-36-48-34-32-46-30-28-44-26-24-22-20-18-16-14-12-10-8-6-4-2/h3-42H2,1-2H3. The average molecular weight is 735 g/mol. The molecule has 0 heterocycles. The maximum atomic E-state index is 5.67. The third-order valence-electron chi connectivity index (χ3n) is 8.76. The summed E-state index contributed by atoms with van der Waals surface area (Å²) in [4.78, 5) is 0. The summed E-state index contributed by atoms with van der Waals surface area (Å²) in [6.45, 7) is 15.5. The van der Waals surface area contributed by atoms with Gasteiger partial charge in [0, 0.05) is 13.2 Å². The Morgan fingerprint density at radius 2 is 0.294 bits per heavy atom. The molecule has 0 saturated heterocycles. The van der Waals surface area contributed by atoms with Crippen molar-refractivity contribution in [2.24, 2.45) is 0 Å². The highest BCUT2D eigenvalue weighted by Crippen LogP contribution is 2.12. The molecule has 0 unspecified atom stereocenters. The molecule has 0 aromatic heterocycles. The molecular weight excluding hydrogens is 648 g/mol. The van der Waals surface area contributed by atoms with E-state index in [4.69, 9.17) is 42.6 Å². The van der Waals surface area contributed by atoms with Crippen molar-refractivity contribution in [3.8, 4) is 0 Å². The number of ether oxygens (including phenoxy) is 9. The number of rotatable bonds is 48. The van der Waals surface area contributed by atoms with E-state index in [2.05, 4.69) is 13.8 Å². The molecular formula is C42H86O9. The molecule has 9 nitrogen and oxygen atoms in total. The zero-order valence-corrected chi connectivity index (χ0v) is 34.0. The Balaban J connectivity index is 3.04. The molecule has 0 aliphatic rings. The summed E-state index contributed by atoms with van der Waals surface area (Å²) in [5.74, 6) is 0. The lowest BCUT2D eigenvalue weighted by Crippen LogP contribution is -2.15. The first kappa shape index (κ1) is 50.6. The highest BCUT2D eigenvalue weighted by molar-refractivity contribution is 4.49. The van der Waals surface area contributed by atoms with Crippen molar-refractivity contribution in [3.63, 3.8) is 0 Å². The predicted molar refractivity (Wildman–Crippen MR) is 210 cm³/mol. The number of hydrogen-bond donors (Lipinski definition) is 0. The van der Waals surface area contributed by atoms with Crippen LogP contribution in [0.4, 0.5) is 0 Å². The zero-order chi connectivity index (χ0) is 36.6. The Kier molecular flexibility index (Phi) is 49.3. The highest BCUT2D eigenvalue weighted by Gasteiger charge is 1.98. The van der Waals surface area contributed by atoms with Crippen LogP contribution in [0.5, 0.6) is 0 Å². The monoisotopic (exact) mass is 735 g/mol. The van der Waals surface area contributed by atoms with E-state index < -0.39 is 0 Å². The quantitative estimate of drug-likeness (QED) is 0.0568. The van der Waals surface area contributed by atoms with Crippen LogP contribution in [0, 0.1) is 0 Å². The van der Waals surface area contributed by atoms with Crippen molar-refractivity contribution in [2.75, 3.05) is 119 Å². The van der Waals surface area contributed by atoms with E-state index in [-0.39, 0.29) is 0 Å². The van der Waals surface area contributed by atoms with Crippen LogP contribution in [0.3, 0.4) is 0 Å². The van der Waals surface area contributed by atoms with Gasteiger partial charge in [-0.3, -0.25) is 0 Å². The van der Waals surface area contributed by atoms with Gasteiger partial charge < -0.3 is 42.6 Å². The van der Waals surface area contributed by atoms with E-state index in [0.29, 0.717) is 106 Å². The molecule has 0 amide bonds.